The highest BCUT2D eigenvalue weighted by molar-refractivity contribution is 6.01. The smallest absolute Gasteiger partial charge is 0.328 e. The monoisotopic (exact) mass is 510 g/mol. The molecule has 11 heteroatoms. The highest BCUT2D eigenvalue weighted by Gasteiger charge is 2.25. The normalized spacial score (nSPS) is 12.7. The molecule has 0 aliphatic rings. The van der Waals surface area contributed by atoms with Crippen molar-refractivity contribution in [2.45, 2.75) is 31.3 Å². The number of aromatic nitrogens is 1. The molecule has 0 spiro atoms. The Balaban J connectivity index is 1.85. The molecular weight excluding hydrogens is 483 g/mol. The highest BCUT2D eigenvalue weighted by atomic mass is 19.1. The first-order valence-corrected chi connectivity index (χ1v) is 11.4. The molecule has 0 saturated carbocycles. The number of carboxylic acid groups (broad SMARTS) is 1. The van der Waals surface area contributed by atoms with Crippen LogP contribution in [-0.4, -0.2) is 53.0 Å². The summed E-state index contributed by atoms with van der Waals surface area (Å²) in [5.41, 5.74) is 6.62. The van der Waals surface area contributed by atoms with E-state index in [0.29, 0.717) is 22.2 Å². The number of hydrogen-bond donors (Lipinski definition) is 5. The van der Waals surface area contributed by atoms with E-state index < -0.39 is 41.6 Å². The van der Waals surface area contributed by atoms with Gasteiger partial charge in [-0.3, -0.25) is 14.4 Å². The van der Waals surface area contributed by atoms with E-state index in [1.165, 1.54) is 37.5 Å². The summed E-state index contributed by atoms with van der Waals surface area (Å²) >= 11 is 0. The quantitative estimate of drug-likeness (QED) is 0.234. The van der Waals surface area contributed by atoms with Crippen molar-refractivity contribution in [3.05, 3.63) is 77.8 Å². The molecule has 0 radical (unpaired) electrons. The van der Waals surface area contributed by atoms with Crippen LogP contribution in [0.4, 0.5) is 4.39 Å². The maximum absolute atomic E-state index is 13.4. The minimum Gasteiger partial charge on any atom is -0.496 e. The first kappa shape index (κ1) is 26.9. The summed E-state index contributed by atoms with van der Waals surface area (Å²) in [5.74, 6) is -2.94. The molecule has 1 heterocycles. The predicted octanol–water partition coefficient (Wildman–Crippen LogP) is 2.05. The standard InChI is InChI=1S/C26H27FN4O6/c1-37-22-4-2-3-19-18(22)14-21(30-19)26(36)31-20(13-15-5-7-16(27)8-6-15)25(35)29-17(9-11-23(28)32)10-12-24(33)34/h2-8,10,12,14,17,20,30H,9,11,13H2,1H3,(H2,28,32)(H,29,35)(H,31,36)(H,33,34)/b12-10+. The lowest BCUT2D eigenvalue weighted by Crippen LogP contribution is -2.50. The van der Waals surface area contributed by atoms with Crippen molar-refractivity contribution in [3.8, 4) is 5.75 Å². The number of methoxy groups -OCH3 is 1. The van der Waals surface area contributed by atoms with Gasteiger partial charge in [-0.15, -0.1) is 0 Å². The van der Waals surface area contributed by atoms with Gasteiger partial charge < -0.3 is 31.2 Å². The average molecular weight is 511 g/mol. The van der Waals surface area contributed by atoms with E-state index in [4.69, 9.17) is 15.6 Å². The maximum Gasteiger partial charge on any atom is 0.328 e. The lowest BCUT2D eigenvalue weighted by molar-refractivity contribution is -0.131. The second-order valence-corrected chi connectivity index (χ2v) is 8.28. The van der Waals surface area contributed by atoms with Gasteiger partial charge in [0.2, 0.25) is 11.8 Å². The molecule has 3 amide bonds. The zero-order valence-corrected chi connectivity index (χ0v) is 20.0. The van der Waals surface area contributed by atoms with E-state index in [1.54, 1.807) is 24.3 Å². The van der Waals surface area contributed by atoms with E-state index in [2.05, 4.69) is 15.6 Å². The van der Waals surface area contributed by atoms with E-state index in [-0.39, 0.29) is 25.0 Å². The van der Waals surface area contributed by atoms with E-state index in [1.807, 2.05) is 0 Å². The Labute approximate surface area is 211 Å². The van der Waals surface area contributed by atoms with E-state index in [0.717, 1.165) is 6.08 Å². The summed E-state index contributed by atoms with van der Waals surface area (Å²) in [6.07, 6.45) is 2.05. The summed E-state index contributed by atoms with van der Waals surface area (Å²) in [6, 6.07) is 10.4. The third-order valence-electron chi connectivity index (χ3n) is 5.56. The van der Waals surface area contributed by atoms with Gasteiger partial charge in [-0.25, -0.2) is 9.18 Å². The number of amides is 3. The van der Waals surface area contributed by atoms with Crippen LogP contribution in [0.2, 0.25) is 0 Å². The third kappa shape index (κ3) is 7.66. The summed E-state index contributed by atoms with van der Waals surface area (Å²) in [5, 5.41) is 15.0. The molecule has 0 fully saturated rings. The second kappa shape index (κ2) is 12.3. The van der Waals surface area contributed by atoms with Crippen molar-refractivity contribution in [3.63, 3.8) is 0 Å². The van der Waals surface area contributed by atoms with Crippen LogP contribution in [0.1, 0.15) is 28.9 Å². The van der Waals surface area contributed by atoms with Crippen molar-refractivity contribution in [2.24, 2.45) is 5.73 Å². The Kier molecular flexibility index (Phi) is 8.98. The van der Waals surface area contributed by atoms with Gasteiger partial charge in [0.15, 0.2) is 0 Å². The number of primary amides is 1. The Hall–Kier alpha value is -4.67. The van der Waals surface area contributed by atoms with Crippen molar-refractivity contribution in [1.82, 2.24) is 15.6 Å². The second-order valence-electron chi connectivity index (χ2n) is 8.28. The number of aliphatic carboxylic acids is 1. The van der Waals surface area contributed by atoms with Gasteiger partial charge in [0.05, 0.1) is 7.11 Å². The molecular formula is C26H27FN4O6. The van der Waals surface area contributed by atoms with Gasteiger partial charge in [-0.1, -0.05) is 24.3 Å². The van der Waals surface area contributed by atoms with Crippen LogP contribution in [0.15, 0.2) is 60.7 Å². The molecule has 3 rings (SSSR count). The molecule has 0 saturated heterocycles. The number of carbonyl (C=O) groups excluding carboxylic acids is 3. The molecule has 2 unspecified atom stereocenters. The minimum absolute atomic E-state index is 0.0204. The number of aromatic amines is 1. The van der Waals surface area contributed by atoms with Crippen LogP contribution in [0.5, 0.6) is 5.75 Å². The number of benzene rings is 2. The number of fused-ring (bicyclic) bond motifs is 1. The Morgan fingerprint density at radius 2 is 1.86 bits per heavy atom. The molecule has 0 aliphatic heterocycles. The fourth-order valence-electron chi connectivity index (χ4n) is 3.73. The molecule has 1 aromatic heterocycles. The topological polar surface area (TPSA) is 164 Å². The number of halogens is 1. The molecule has 10 nitrogen and oxygen atoms in total. The first-order chi connectivity index (χ1) is 17.7. The Morgan fingerprint density at radius 3 is 2.51 bits per heavy atom. The largest absolute Gasteiger partial charge is 0.496 e. The molecule has 2 atom stereocenters. The molecule has 0 aliphatic carbocycles. The number of H-pyrrole nitrogens is 1. The number of rotatable bonds is 12. The molecule has 6 N–H and O–H groups in total. The number of hydrogen-bond acceptors (Lipinski definition) is 5. The first-order valence-electron chi connectivity index (χ1n) is 11.4. The number of carboxylic acids is 1. The van der Waals surface area contributed by atoms with Crippen molar-refractivity contribution < 1.29 is 33.4 Å². The average Bonchev–Trinajstić information content (AvgIpc) is 3.31. The van der Waals surface area contributed by atoms with Crippen molar-refractivity contribution in [1.29, 1.82) is 0 Å². The lowest BCUT2D eigenvalue weighted by Gasteiger charge is -2.22. The Morgan fingerprint density at radius 1 is 1.14 bits per heavy atom. The zero-order valence-electron chi connectivity index (χ0n) is 20.0. The summed E-state index contributed by atoms with van der Waals surface area (Å²) in [4.78, 5) is 51.5. The zero-order chi connectivity index (χ0) is 26.9. The number of nitrogens with one attached hydrogen (secondary N) is 3. The van der Waals surface area contributed by atoms with E-state index in [9.17, 15) is 23.6 Å². The van der Waals surface area contributed by atoms with Crippen LogP contribution in [0.25, 0.3) is 10.9 Å². The summed E-state index contributed by atoms with van der Waals surface area (Å²) < 4.78 is 18.7. The summed E-state index contributed by atoms with van der Waals surface area (Å²) in [6.45, 7) is 0. The van der Waals surface area contributed by atoms with E-state index >= 15 is 0 Å². The fraction of sp³-hybridized carbons (Fsp3) is 0.231. The maximum atomic E-state index is 13.4. The molecule has 37 heavy (non-hydrogen) atoms. The third-order valence-corrected chi connectivity index (χ3v) is 5.56. The van der Waals surface area contributed by atoms with Gasteiger partial charge in [-0.05, 0) is 42.3 Å². The van der Waals surface area contributed by atoms with Gasteiger partial charge >= 0.3 is 5.97 Å². The van der Waals surface area contributed by atoms with Crippen LogP contribution >= 0.6 is 0 Å². The fourth-order valence-corrected chi connectivity index (χ4v) is 3.73. The molecule has 3 aromatic rings. The van der Waals surface area contributed by atoms with Gasteiger partial charge in [0, 0.05) is 35.9 Å². The summed E-state index contributed by atoms with van der Waals surface area (Å²) in [7, 11) is 1.51. The van der Waals surface area contributed by atoms with Gasteiger partial charge in [0.1, 0.15) is 23.3 Å². The van der Waals surface area contributed by atoms with Gasteiger partial charge in [0.25, 0.3) is 5.91 Å². The van der Waals surface area contributed by atoms with Crippen LogP contribution in [0.3, 0.4) is 0 Å². The van der Waals surface area contributed by atoms with Crippen LogP contribution in [-0.2, 0) is 20.8 Å². The Bertz CT molecular complexity index is 1320. The van der Waals surface area contributed by atoms with Crippen molar-refractivity contribution in [2.75, 3.05) is 7.11 Å². The lowest BCUT2D eigenvalue weighted by atomic mass is 10.0. The highest BCUT2D eigenvalue weighted by Crippen LogP contribution is 2.26. The SMILES string of the molecule is COc1cccc2[nH]c(C(=O)NC(Cc3ccc(F)cc3)C(=O)NC(/C=C/C(=O)O)CCC(N)=O)cc12. The molecule has 194 valence electrons. The number of nitrogens with two attached hydrogens (primary N) is 1. The molecule has 2 aromatic carbocycles. The molecule has 0 bridgehead atoms. The predicted molar refractivity (Wildman–Crippen MR) is 133 cm³/mol. The van der Waals surface area contributed by atoms with Gasteiger partial charge in [-0.2, -0.15) is 0 Å². The minimum atomic E-state index is -1.23. The number of ether oxygens (including phenoxy) is 1. The van der Waals surface area contributed by atoms with Crippen LogP contribution in [0, 0.1) is 5.82 Å². The van der Waals surface area contributed by atoms with Crippen LogP contribution < -0.4 is 21.1 Å². The number of carbonyl (C=O) groups is 4. The van der Waals surface area contributed by atoms with Crippen molar-refractivity contribution >= 4 is 34.6 Å².